The first-order chi connectivity index (χ1) is 7.26. The lowest BCUT2D eigenvalue weighted by Gasteiger charge is -2.14. The van der Waals surface area contributed by atoms with Gasteiger partial charge in [0.1, 0.15) is 0 Å². The summed E-state index contributed by atoms with van der Waals surface area (Å²) in [6.45, 7) is 1.12. The van der Waals surface area contributed by atoms with Crippen LogP contribution in [0.2, 0.25) is 0 Å². The van der Waals surface area contributed by atoms with E-state index >= 15 is 0 Å². The van der Waals surface area contributed by atoms with E-state index < -0.39 is 0 Å². The molecule has 0 radical (unpaired) electrons. The van der Waals surface area contributed by atoms with E-state index in [9.17, 15) is 0 Å². The quantitative estimate of drug-likeness (QED) is 0.583. The molecule has 0 aliphatic heterocycles. The number of anilines is 1. The minimum absolute atomic E-state index is 0.262. The van der Waals surface area contributed by atoms with Crippen molar-refractivity contribution in [1.82, 2.24) is 4.90 Å². The van der Waals surface area contributed by atoms with Crippen LogP contribution in [0.3, 0.4) is 0 Å². The molecule has 0 aliphatic rings. The van der Waals surface area contributed by atoms with Crippen LogP contribution in [0.1, 0.15) is 5.56 Å². The Hall–Kier alpha value is -2.04. The smallest absolute Gasteiger partial charge is 0.0877 e. The molecule has 4 nitrogen and oxygen atoms in total. The van der Waals surface area contributed by atoms with Crippen molar-refractivity contribution in [2.45, 2.75) is 6.54 Å². The van der Waals surface area contributed by atoms with Crippen molar-refractivity contribution in [1.29, 1.82) is 10.5 Å². The van der Waals surface area contributed by atoms with E-state index in [-0.39, 0.29) is 13.1 Å². The summed E-state index contributed by atoms with van der Waals surface area (Å²) in [5.41, 5.74) is 7.32. The Morgan fingerprint density at radius 2 is 1.60 bits per heavy atom. The highest BCUT2D eigenvalue weighted by Gasteiger charge is 2.04. The van der Waals surface area contributed by atoms with Crippen LogP contribution in [0.15, 0.2) is 24.3 Å². The average Bonchev–Trinajstić information content (AvgIpc) is 2.22. The average molecular weight is 200 g/mol. The second-order valence-corrected chi connectivity index (χ2v) is 3.20. The lowest BCUT2D eigenvalue weighted by Crippen LogP contribution is -2.23. The van der Waals surface area contributed by atoms with Gasteiger partial charge in [0.2, 0.25) is 0 Å². The topological polar surface area (TPSA) is 76.8 Å². The lowest BCUT2D eigenvalue weighted by molar-refractivity contribution is 0.335. The maximum absolute atomic E-state index is 8.56. The molecule has 0 fully saturated rings. The molecule has 1 aromatic carbocycles. The fourth-order valence-electron chi connectivity index (χ4n) is 1.25. The third-order valence-corrected chi connectivity index (χ3v) is 1.97. The number of hydrogen-bond donors (Lipinski definition) is 1. The van der Waals surface area contributed by atoms with Gasteiger partial charge in [-0.05, 0) is 17.7 Å². The highest BCUT2D eigenvalue weighted by Crippen LogP contribution is 2.07. The number of rotatable bonds is 4. The van der Waals surface area contributed by atoms with Gasteiger partial charge in [0, 0.05) is 12.2 Å². The van der Waals surface area contributed by atoms with E-state index in [0.29, 0.717) is 12.2 Å². The standard InChI is InChI=1S/C11H12N4/c12-5-7-15(8-6-13)9-10-1-3-11(14)4-2-10/h1-4H,7-9,14H2. The molecule has 0 spiro atoms. The number of benzene rings is 1. The molecule has 15 heavy (non-hydrogen) atoms. The molecule has 0 bridgehead atoms. The Balaban J connectivity index is 2.62. The molecule has 0 atom stereocenters. The second-order valence-electron chi connectivity index (χ2n) is 3.20. The third-order valence-electron chi connectivity index (χ3n) is 1.97. The highest BCUT2D eigenvalue weighted by atomic mass is 15.1. The first-order valence-electron chi connectivity index (χ1n) is 4.57. The zero-order valence-corrected chi connectivity index (χ0v) is 8.35. The van der Waals surface area contributed by atoms with Crippen molar-refractivity contribution in [2.24, 2.45) is 0 Å². The van der Waals surface area contributed by atoms with Crippen LogP contribution in [-0.2, 0) is 6.54 Å². The summed E-state index contributed by atoms with van der Waals surface area (Å²) in [6, 6.07) is 11.5. The Morgan fingerprint density at radius 1 is 1.07 bits per heavy atom. The molecule has 0 unspecified atom stereocenters. The van der Waals surface area contributed by atoms with Crippen molar-refractivity contribution < 1.29 is 0 Å². The molecule has 4 heteroatoms. The fourth-order valence-corrected chi connectivity index (χ4v) is 1.25. The van der Waals surface area contributed by atoms with E-state index in [2.05, 4.69) is 0 Å². The van der Waals surface area contributed by atoms with Gasteiger partial charge in [0.05, 0.1) is 25.2 Å². The summed E-state index contributed by atoms with van der Waals surface area (Å²) in [6.07, 6.45) is 0. The molecule has 1 rings (SSSR count). The van der Waals surface area contributed by atoms with Crippen LogP contribution in [0, 0.1) is 22.7 Å². The van der Waals surface area contributed by atoms with E-state index in [1.165, 1.54) is 0 Å². The maximum Gasteiger partial charge on any atom is 0.0877 e. The van der Waals surface area contributed by atoms with Gasteiger partial charge in [-0.15, -0.1) is 0 Å². The maximum atomic E-state index is 8.56. The first-order valence-corrected chi connectivity index (χ1v) is 4.57. The van der Waals surface area contributed by atoms with Gasteiger partial charge in [-0.2, -0.15) is 10.5 Å². The van der Waals surface area contributed by atoms with E-state index in [1.54, 1.807) is 4.90 Å². The van der Waals surface area contributed by atoms with E-state index in [1.807, 2.05) is 36.4 Å². The molecular weight excluding hydrogens is 188 g/mol. The summed E-state index contributed by atoms with van der Waals surface area (Å²) in [5, 5.41) is 17.1. The predicted molar refractivity (Wildman–Crippen MR) is 57.4 cm³/mol. The summed E-state index contributed by atoms with van der Waals surface area (Å²) in [7, 11) is 0. The molecule has 0 saturated heterocycles. The van der Waals surface area contributed by atoms with Gasteiger partial charge >= 0.3 is 0 Å². The van der Waals surface area contributed by atoms with Crippen LogP contribution in [0.25, 0.3) is 0 Å². The van der Waals surface area contributed by atoms with E-state index in [4.69, 9.17) is 16.3 Å². The molecule has 0 saturated carbocycles. The van der Waals surface area contributed by atoms with Crippen molar-refractivity contribution in [3.05, 3.63) is 29.8 Å². The Morgan fingerprint density at radius 3 is 2.07 bits per heavy atom. The molecule has 1 aromatic rings. The number of nitrogens with two attached hydrogens (primary N) is 1. The van der Waals surface area contributed by atoms with Gasteiger partial charge < -0.3 is 5.73 Å². The Labute approximate surface area is 89.1 Å². The normalized spacial score (nSPS) is 9.53. The summed E-state index contributed by atoms with van der Waals surface area (Å²) >= 11 is 0. The van der Waals surface area contributed by atoms with Gasteiger partial charge in [0.25, 0.3) is 0 Å². The molecule has 0 aliphatic carbocycles. The van der Waals surface area contributed by atoms with Crippen LogP contribution in [-0.4, -0.2) is 18.0 Å². The molecule has 0 aromatic heterocycles. The number of nitrogens with zero attached hydrogens (tertiary/aromatic N) is 3. The monoisotopic (exact) mass is 200 g/mol. The Kier molecular flexibility index (Phi) is 4.15. The largest absolute Gasteiger partial charge is 0.399 e. The first kappa shape index (κ1) is 11.0. The fraction of sp³-hybridized carbons (Fsp3) is 0.273. The zero-order chi connectivity index (χ0) is 11.1. The lowest BCUT2D eigenvalue weighted by atomic mass is 10.2. The van der Waals surface area contributed by atoms with Crippen LogP contribution in [0.5, 0.6) is 0 Å². The van der Waals surface area contributed by atoms with Crippen LogP contribution < -0.4 is 5.73 Å². The minimum atomic E-state index is 0.262. The van der Waals surface area contributed by atoms with Gasteiger partial charge in [-0.1, -0.05) is 12.1 Å². The van der Waals surface area contributed by atoms with Crippen molar-refractivity contribution >= 4 is 5.69 Å². The van der Waals surface area contributed by atoms with Crippen LogP contribution >= 0.6 is 0 Å². The number of nitriles is 2. The predicted octanol–water partition coefficient (Wildman–Crippen LogP) is 1.12. The molecular formula is C11H12N4. The van der Waals surface area contributed by atoms with Crippen LogP contribution in [0.4, 0.5) is 5.69 Å². The second kappa shape index (κ2) is 5.64. The van der Waals surface area contributed by atoms with Crippen molar-refractivity contribution in [2.75, 3.05) is 18.8 Å². The van der Waals surface area contributed by atoms with Gasteiger partial charge in [-0.25, -0.2) is 0 Å². The number of hydrogen-bond acceptors (Lipinski definition) is 4. The summed E-state index contributed by atoms with van der Waals surface area (Å²) in [4.78, 5) is 1.77. The molecule has 0 amide bonds. The molecule has 2 N–H and O–H groups in total. The minimum Gasteiger partial charge on any atom is -0.399 e. The summed E-state index contributed by atoms with van der Waals surface area (Å²) < 4.78 is 0. The van der Waals surface area contributed by atoms with Crippen molar-refractivity contribution in [3.63, 3.8) is 0 Å². The highest BCUT2D eigenvalue weighted by molar-refractivity contribution is 5.39. The van der Waals surface area contributed by atoms with E-state index in [0.717, 1.165) is 5.56 Å². The van der Waals surface area contributed by atoms with Gasteiger partial charge in [-0.3, -0.25) is 4.90 Å². The molecule has 0 heterocycles. The number of nitrogen functional groups attached to an aromatic ring is 1. The third kappa shape index (κ3) is 3.68. The van der Waals surface area contributed by atoms with Gasteiger partial charge in [0.15, 0.2) is 0 Å². The van der Waals surface area contributed by atoms with Crippen molar-refractivity contribution in [3.8, 4) is 12.1 Å². The Bertz CT molecular complexity index is 367. The molecule has 76 valence electrons. The SMILES string of the molecule is N#CCN(CC#N)Cc1ccc(N)cc1. The summed E-state index contributed by atoms with van der Waals surface area (Å²) in [5.74, 6) is 0. The zero-order valence-electron chi connectivity index (χ0n) is 8.35.